The monoisotopic (exact) mass is 157 g/mol. The van der Waals surface area contributed by atoms with E-state index in [0.29, 0.717) is 6.54 Å². The molecule has 2 fully saturated rings. The fourth-order valence-corrected chi connectivity index (χ4v) is 2.06. The summed E-state index contributed by atoms with van der Waals surface area (Å²) in [5, 5.41) is 19.1. The minimum atomic E-state index is -0.452. The summed E-state index contributed by atoms with van der Waals surface area (Å²) in [5.74, 6) is 0. The first-order valence-corrected chi connectivity index (χ1v) is 4.22. The molecule has 1 aliphatic heterocycles. The second-order valence-electron chi connectivity index (χ2n) is 3.95. The van der Waals surface area contributed by atoms with E-state index in [2.05, 4.69) is 4.90 Å². The molecule has 1 aliphatic carbocycles. The largest absolute Gasteiger partial charge is 0.392 e. The Morgan fingerprint density at radius 1 is 1.45 bits per heavy atom. The lowest BCUT2D eigenvalue weighted by Crippen LogP contribution is -2.37. The first-order chi connectivity index (χ1) is 5.12. The molecule has 1 saturated heterocycles. The molecule has 3 nitrogen and oxygen atoms in total. The van der Waals surface area contributed by atoms with Gasteiger partial charge < -0.3 is 10.2 Å². The first-order valence-electron chi connectivity index (χ1n) is 4.22. The van der Waals surface area contributed by atoms with Crippen molar-refractivity contribution in [1.29, 1.82) is 0 Å². The van der Waals surface area contributed by atoms with Gasteiger partial charge in [-0.3, -0.25) is 4.90 Å². The normalized spacial score (nSPS) is 42.8. The zero-order chi connectivity index (χ0) is 8.06. The lowest BCUT2D eigenvalue weighted by atomic mass is 10.1. The molecule has 11 heavy (non-hydrogen) atoms. The van der Waals surface area contributed by atoms with Crippen LogP contribution in [0, 0.1) is 0 Å². The van der Waals surface area contributed by atoms with Crippen LogP contribution in [0.3, 0.4) is 0 Å². The Balaban J connectivity index is 2.04. The van der Waals surface area contributed by atoms with Gasteiger partial charge in [-0.25, -0.2) is 0 Å². The van der Waals surface area contributed by atoms with Gasteiger partial charge in [0, 0.05) is 12.6 Å². The summed E-state index contributed by atoms with van der Waals surface area (Å²) in [7, 11) is 1.97. The van der Waals surface area contributed by atoms with E-state index in [1.807, 2.05) is 7.05 Å². The van der Waals surface area contributed by atoms with Crippen molar-refractivity contribution in [2.75, 3.05) is 13.6 Å². The SMILES string of the molecule is CN1CC(O)CC1C1(O)CC1. The third kappa shape index (κ3) is 1.17. The Bertz CT molecular complexity index is 167. The maximum atomic E-state index is 9.76. The highest BCUT2D eigenvalue weighted by Gasteiger charge is 2.52. The van der Waals surface area contributed by atoms with Gasteiger partial charge in [0.25, 0.3) is 0 Å². The number of hydrogen-bond acceptors (Lipinski definition) is 3. The standard InChI is InChI=1S/C8H15NO2/c1-9-5-6(10)4-7(9)8(11)2-3-8/h6-7,10-11H,2-5H2,1H3. The molecule has 2 rings (SSSR count). The van der Waals surface area contributed by atoms with E-state index in [1.165, 1.54) is 0 Å². The van der Waals surface area contributed by atoms with Gasteiger partial charge in [0.1, 0.15) is 0 Å². The molecule has 2 atom stereocenters. The molecular formula is C8H15NO2. The van der Waals surface area contributed by atoms with Crippen LogP contribution in [0.15, 0.2) is 0 Å². The third-order valence-electron chi connectivity index (χ3n) is 2.91. The highest BCUT2D eigenvalue weighted by Crippen LogP contribution is 2.43. The molecular weight excluding hydrogens is 142 g/mol. The lowest BCUT2D eigenvalue weighted by molar-refractivity contribution is 0.0625. The van der Waals surface area contributed by atoms with Crippen molar-refractivity contribution in [3.05, 3.63) is 0 Å². The zero-order valence-corrected chi connectivity index (χ0v) is 6.82. The average Bonchev–Trinajstić information content (AvgIpc) is 2.55. The Labute approximate surface area is 66.6 Å². The molecule has 64 valence electrons. The van der Waals surface area contributed by atoms with Crippen LogP contribution in [0.2, 0.25) is 0 Å². The molecule has 3 heteroatoms. The summed E-state index contributed by atoms with van der Waals surface area (Å²) in [6.45, 7) is 0.715. The maximum absolute atomic E-state index is 9.76. The van der Waals surface area contributed by atoms with Crippen LogP contribution in [0.4, 0.5) is 0 Å². The third-order valence-corrected chi connectivity index (χ3v) is 2.91. The molecule has 0 bridgehead atoms. The lowest BCUT2D eigenvalue weighted by Gasteiger charge is -2.23. The van der Waals surface area contributed by atoms with Gasteiger partial charge in [-0.15, -0.1) is 0 Å². The van der Waals surface area contributed by atoms with Crippen LogP contribution >= 0.6 is 0 Å². The molecule has 0 aromatic rings. The predicted molar refractivity (Wildman–Crippen MR) is 41.2 cm³/mol. The number of aliphatic hydroxyl groups excluding tert-OH is 1. The predicted octanol–water partition coefficient (Wildman–Crippen LogP) is -0.424. The van der Waals surface area contributed by atoms with Gasteiger partial charge in [0.2, 0.25) is 0 Å². The average molecular weight is 157 g/mol. The number of rotatable bonds is 1. The van der Waals surface area contributed by atoms with Crippen molar-refractivity contribution < 1.29 is 10.2 Å². The van der Waals surface area contributed by atoms with E-state index in [4.69, 9.17) is 0 Å². The van der Waals surface area contributed by atoms with Gasteiger partial charge in [0.15, 0.2) is 0 Å². The quantitative estimate of drug-likeness (QED) is 0.543. The zero-order valence-electron chi connectivity index (χ0n) is 6.82. The summed E-state index contributed by atoms with van der Waals surface area (Å²) in [6, 6.07) is 0.206. The van der Waals surface area contributed by atoms with Gasteiger partial charge in [-0.2, -0.15) is 0 Å². The van der Waals surface area contributed by atoms with Gasteiger partial charge in [-0.05, 0) is 26.3 Å². The number of nitrogens with zero attached hydrogens (tertiary/aromatic N) is 1. The molecule has 0 aromatic carbocycles. The van der Waals surface area contributed by atoms with Crippen LogP contribution in [-0.2, 0) is 0 Å². The molecule has 2 aliphatic rings. The van der Waals surface area contributed by atoms with Crippen molar-refractivity contribution in [2.24, 2.45) is 0 Å². The second kappa shape index (κ2) is 2.19. The summed E-state index contributed by atoms with van der Waals surface area (Å²) in [5.41, 5.74) is -0.452. The number of aliphatic hydroxyl groups is 2. The van der Waals surface area contributed by atoms with Gasteiger partial charge in [0.05, 0.1) is 11.7 Å². The Hall–Kier alpha value is -0.120. The Morgan fingerprint density at radius 3 is 2.45 bits per heavy atom. The number of likely N-dealkylation sites (N-methyl/N-ethyl adjacent to an activating group) is 1. The van der Waals surface area contributed by atoms with Crippen LogP contribution in [-0.4, -0.2) is 46.5 Å². The van der Waals surface area contributed by atoms with Gasteiger partial charge in [-0.1, -0.05) is 0 Å². The van der Waals surface area contributed by atoms with E-state index < -0.39 is 5.60 Å². The first kappa shape index (κ1) is 7.53. The van der Waals surface area contributed by atoms with Crippen molar-refractivity contribution in [3.63, 3.8) is 0 Å². The van der Waals surface area contributed by atoms with E-state index >= 15 is 0 Å². The van der Waals surface area contributed by atoms with Crippen LogP contribution in [0.5, 0.6) is 0 Å². The summed E-state index contributed by atoms with van der Waals surface area (Å²) in [6.07, 6.45) is 2.34. The summed E-state index contributed by atoms with van der Waals surface area (Å²) in [4.78, 5) is 2.07. The van der Waals surface area contributed by atoms with Crippen molar-refractivity contribution in [1.82, 2.24) is 4.90 Å². The molecule has 0 radical (unpaired) electrons. The molecule has 0 spiro atoms. The van der Waals surface area contributed by atoms with Crippen LogP contribution in [0.1, 0.15) is 19.3 Å². The number of β-amino-alcohol motifs (C(OH)–C–C–N with tert-alkyl or cyclic N) is 1. The Morgan fingerprint density at radius 2 is 2.09 bits per heavy atom. The van der Waals surface area contributed by atoms with Crippen LogP contribution < -0.4 is 0 Å². The van der Waals surface area contributed by atoms with E-state index in [0.717, 1.165) is 19.3 Å². The molecule has 0 amide bonds. The second-order valence-corrected chi connectivity index (χ2v) is 3.95. The molecule has 1 heterocycles. The minimum Gasteiger partial charge on any atom is -0.392 e. The van der Waals surface area contributed by atoms with Gasteiger partial charge >= 0.3 is 0 Å². The van der Waals surface area contributed by atoms with Crippen molar-refractivity contribution in [3.8, 4) is 0 Å². The highest BCUT2D eigenvalue weighted by molar-refractivity contribution is 5.07. The molecule has 2 N–H and O–H groups in total. The Kier molecular flexibility index (Phi) is 1.50. The number of likely N-dealkylation sites (tertiary alicyclic amines) is 1. The molecule has 2 unspecified atom stereocenters. The summed E-state index contributed by atoms with van der Waals surface area (Å²) < 4.78 is 0. The maximum Gasteiger partial charge on any atom is 0.0805 e. The fourth-order valence-electron chi connectivity index (χ4n) is 2.06. The van der Waals surface area contributed by atoms with Crippen molar-refractivity contribution >= 4 is 0 Å². The topological polar surface area (TPSA) is 43.7 Å². The molecule has 1 saturated carbocycles. The van der Waals surface area contributed by atoms with E-state index in [-0.39, 0.29) is 12.1 Å². The molecule has 0 aromatic heterocycles. The number of hydrogen-bond donors (Lipinski definition) is 2. The fraction of sp³-hybridized carbons (Fsp3) is 1.00. The smallest absolute Gasteiger partial charge is 0.0805 e. The highest BCUT2D eigenvalue weighted by atomic mass is 16.3. The van der Waals surface area contributed by atoms with Crippen LogP contribution in [0.25, 0.3) is 0 Å². The summed E-state index contributed by atoms with van der Waals surface area (Å²) >= 11 is 0. The minimum absolute atomic E-state index is 0.206. The van der Waals surface area contributed by atoms with Crippen molar-refractivity contribution in [2.45, 2.75) is 37.0 Å². The van der Waals surface area contributed by atoms with E-state index in [1.54, 1.807) is 0 Å². The van der Waals surface area contributed by atoms with E-state index in [9.17, 15) is 10.2 Å².